The van der Waals surface area contributed by atoms with E-state index < -0.39 is 6.10 Å². The van der Waals surface area contributed by atoms with E-state index in [1.165, 1.54) is 5.56 Å². The van der Waals surface area contributed by atoms with E-state index in [4.69, 9.17) is 9.47 Å². The Morgan fingerprint density at radius 2 is 1.88 bits per heavy atom. The number of anilines is 1. The van der Waals surface area contributed by atoms with Crippen LogP contribution in [0, 0.1) is 6.92 Å². The number of aryl methyl sites for hydroxylation is 1. The van der Waals surface area contributed by atoms with E-state index in [2.05, 4.69) is 34.4 Å². The molecule has 2 aromatic carbocycles. The van der Waals surface area contributed by atoms with Crippen LogP contribution in [-0.2, 0) is 16.1 Å². The molecule has 2 heterocycles. The summed E-state index contributed by atoms with van der Waals surface area (Å²) in [4.78, 5) is 15.4. The van der Waals surface area contributed by atoms with Gasteiger partial charge in [0, 0.05) is 32.8 Å². The predicted octanol–water partition coefficient (Wildman–Crippen LogP) is 4.36. The molecule has 0 spiro atoms. The molecule has 33 heavy (non-hydrogen) atoms. The maximum absolute atomic E-state index is 12.9. The molecule has 0 radical (unpaired) electrons. The average molecular weight is 449 g/mol. The third kappa shape index (κ3) is 5.43. The summed E-state index contributed by atoms with van der Waals surface area (Å²) in [5, 5.41) is 7.54. The number of aromatic nitrogens is 2. The molecule has 7 nitrogen and oxygen atoms in total. The lowest BCUT2D eigenvalue weighted by atomic mass is 10.0. The zero-order valence-electron chi connectivity index (χ0n) is 19.5. The van der Waals surface area contributed by atoms with Gasteiger partial charge in [-0.2, -0.15) is 5.10 Å². The van der Waals surface area contributed by atoms with Crippen molar-refractivity contribution in [2.75, 3.05) is 32.6 Å². The van der Waals surface area contributed by atoms with E-state index in [1.54, 1.807) is 20.4 Å². The summed E-state index contributed by atoms with van der Waals surface area (Å²) >= 11 is 0. The van der Waals surface area contributed by atoms with Gasteiger partial charge in [-0.15, -0.1) is 0 Å². The van der Waals surface area contributed by atoms with E-state index in [0.29, 0.717) is 5.82 Å². The summed E-state index contributed by atoms with van der Waals surface area (Å²) in [7, 11) is 3.25. The molecule has 1 aromatic heterocycles. The van der Waals surface area contributed by atoms with Crippen LogP contribution in [0.1, 0.15) is 41.7 Å². The Labute approximate surface area is 195 Å². The van der Waals surface area contributed by atoms with Crippen LogP contribution in [0.5, 0.6) is 5.75 Å². The fourth-order valence-corrected chi connectivity index (χ4v) is 4.54. The van der Waals surface area contributed by atoms with Crippen LogP contribution in [0.3, 0.4) is 0 Å². The predicted molar refractivity (Wildman–Crippen MR) is 128 cm³/mol. The third-order valence-corrected chi connectivity index (χ3v) is 6.27. The molecule has 4 rings (SSSR count). The number of benzene rings is 2. The standard InChI is InChI=1S/C26H32N4O3/c1-19-17-20(9-10-23(19)32-2)18-29-15-12-22(13-16-29)30-24(11-14-27-30)28-26(31)25(33-3)21-7-5-4-6-8-21/h4-11,14,17,22,25H,12-13,15-16,18H2,1-3H3,(H,28,31)/t25-/m0/s1. The second kappa shape index (κ2) is 10.6. The molecule has 1 fully saturated rings. The smallest absolute Gasteiger partial charge is 0.259 e. The van der Waals surface area contributed by atoms with E-state index in [0.717, 1.165) is 49.4 Å². The second-order valence-electron chi connectivity index (χ2n) is 8.49. The van der Waals surface area contributed by atoms with Gasteiger partial charge in [0.15, 0.2) is 6.10 Å². The van der Waals surface area contributed by atoms with Crippen molar-refractivity contribution in [3.05, 3.63) is 77.5 Å². The highest BCUT2D eigenvalue weighted by molar-refractivity contribution is 5.94. The zero-order chi connectivity index (χ0) is 23.2. The van der Waals surface area contributed by atoms with Crippen molar-refractivity contribution in [3.8, 4) is 5.75 Å². The molecule has 1 aliphatic heterocycles. The van der Waals surface area contributed by atoms with Gasteiger partial charge in [-0.1, -0.05) is 42.5 Å². The molecular weight excluding hydrogens is 416 g/mol. The number of methoxy groups -OCH3 is 2. The summed E-state index contributed by atoms with van der Waals surface area (Å²) in [5.41, 5.74) is 3.28. The number of piperidine rings is 1. The molecule has 1 atom stereocenters. The minimum Gasteiger partial charge on any atom is -0.496 e. The van der Waals surface area contributed by atoms with Crippen LogP contribution in [-0.4, -0.2) is 47.9 Å². The minimum atomic E-state index is -0.663. The fourth-order valence-electron chi connectivity index (χ4n) is 4.54. The SMILES string of the molecule is COc1ccc(CN2CCC(n3nccc3NC(=O)[C@@H](OC)c3ccccc3)CC2)cc1C. The Morgan fingerprint density at radius 3 is 2.55 bits per heavy atom. The van der Waals surface area contributed by atoms with E-state index in [-0.39, 0.29) is 11.9 Å². The number of hydrogen-bond donors (Lipinski definition) is 1. The van der Waals surface area contributed by atoms with Gasteiger partial charge < -0.3 is 14.8 Å². The van der Waals surface area contributed by atoms with Crippen LogP contribution >= 0.6 is 0 Å². The normalized spacial score (nSPS) is 15.8. The molecule has 0 bridgehead atoms. The van der Waals surface area contributed by atoms with Gasteiger partial charge in [-0.25, -0.2) is 4.68 Å². The lowest BCUT2D eigenvalue weighted by Gasteiger charge is -2.33. The third-order valence-electron chi connectivity index (χ3n) is 6.27. The van der Waals surface area contributed by atoms with E-state index >= 15 is 0 Å². The number of amides is 1. The summed E-state index contributed by atoms with van der Waals surface area (Å²) in [6.07, 6.45) is 3.04. The lowest BCUT2D eigenvalue weighted by Crippen LogP contribution is -2.35. The number of rotatable bonds is 8. The molecule has 0 aliphatic carbocycles. The van der Waals surface area contributed by atoms with Crippen molar-refractivity contribution in [3.63, 3.8) is 0 Å². The molecule has 7 heteroatoms. The molecule has 174 valence electrons. The number of ether oxygens (including phenoxy) is 2. The van der Waals surface area contributed by atoms with E-state index in [9.17, 15) is 4.79 Å². The molecule has 0 saturated carbocycles. The summed E-state index contributed by atoms with van der Waals surface area (Å²) < 4.78 is 12.8. The molecule has 0 unspecified atom stereocenters. The lowest BCUT2D eigenvalue weighted by molar-refractivity contribution is -0.126. The van der Waals surface area contributed by atoms with Crippen molar-refractivity contribution in [1.82, 2.24) is 14.7 Å². The van der Waals surface area contributed by atoms with Crippen LogP contribution in [0.15, 0.2) is 60.8 Å². The first-order valence-corrected chi connectivity index (χ1v) is 11.4. The summed E-state index contributed by atoms with van der Waals surface area (Å²) in [6, 6.07) is 18.0. The Morgan fingerprint density at radius 1 is 1.12 bits per heavy atom. The van der Waals surface area contributed by atoms with Crippen molar-refractivity contribution in [2.24, 2.45) is 0 Å². The summed E-state index contributed by atoms with van der Waals surface area (Å²) in [5.74, 6) is 1.44. The zero-order valence-corrected chi connectivity index (χ0v) is 19.5. The fraction of sp³-hybridized carbons (Fsp3) is 0.385. The Bertz CT molecular complexity index is 1060. The number of carbonyl (C=O) groups excluding carboxylic acids is 1. The first-order valence-electron chi connectivity index (χ1n) is 11.4. The Balaban J connectivity index is 1.36. The van der Waals surface area contributed by atoms with Crippen LogP contribution in [0.4, 0.5) is 5.82 Å². The number of hydrogen-bond acceptors (Lipinski definition) is 5. The quantitative estimate of drug-likeness (QED) is 0.554. The van der Waals surface area contributed by atoms with Gasteiger partial charge in [0.25, 0.3) is 5.91 Å². The summed E-state index contributed by atoms with van der Waals surface area (Å²) in [6.45, 7) is 4.96. The number of likely N-dealkylation sites (tertiary alicyclic amines) is 1. The average Bonchev–Trinajstić information content (AvgIpc) is 3.29. The maximum Gasteiger partial charge on any atom is 0.259 e. The van der Waals surface area contributed by atoms with Crippen molar-refractivity contribution in [2.45, 2.75) is 38.5 Å². The molecule has 1 N–H and O–H groups in total. The second-order valence-corrected chi connectivity index (χ2v) is 8.49. The highest BCUT2D eigenvalue weighted by Crippen LogP contribution is 2.28. The monoisotopic (exact) mass is 448 g/mol. The van der Waals surface area contributed by atoms with Crippen LogP contribution < -0.4 is 10.1 Å². The van der Waals surface area contributed by atoms with Gasteiger partial charge in [-0.3, -0.25) is 9.69 Å². The molecule has 1 amide bonds. The van der Waals surface area contributed by atoms with Crippen molar-refractivity contribution >= 4 is 11.7 Å². The topological polar surface area (TPSA) is 68.6 Å². The minimum absolute atomic E-state index is 0.197. The van der Waals surface area contributed by atoms with Gasteiger partial charge >= 0.3 is 0 Å². The number of carbonyl (C=O) groups is 1. The van der Waals surface area contributed by atoms with Crippen molar-refractivity contribution < 1.29 is 14.3 Å². The first-order chi connectivity index (χ1) is 16.1. The largest absolute Gasteiger partial charge is 0.496 e. The molecule has 3 aromatic rings. The Kier molecular flexibility index (Phi) is 7.42. The Hall–Kier alpha value is -3.16. The number of nitrogens with zero attached hydrogens (tertiary/aromatic N) is 3. The highest BCUT2D eigenvalue weighted by atomic mass is 16.5. The highest BCUT2D eigenvalue weighted by Gasteiger charge is 2.25. The molecule has 1 aliphatic rings. The van der Waals surface area contributed by atoms with Gasteiger partial charge in [0.1, 0.15) is 11.6 Å². The van der Waals surface area contributed by atoms with Crippen LogP contribution in [0.25, 0.3) is 0 Å². The maximum atomic E-state index is 12.9. The van der Waals surface area contributed by atoms with Gasteiger partial charge in [0.2, 0.25) is 0 Å². The van der Waals surface area contributed by atoms with Gasteiger partial charge in [-0.05, 0) is 42.5 Å². The molecule has 1 saturated heterocycles. The number of nitrogens with one attached hydrogen (secondary N) is 1. The van der Waals surface area contributed by atoms with Crippen molar-refractivity contribution in [1.29, 1.82) is 0 Å². The van der Waals surface area contributed by atoms with E-state index in [1.807, 2.05) is 47.1 Å². The first kappa shape index (κ1) is 23.0. The van der Waals surface area contributed by atoms with Crippen LogP contribution in [0.2, 0.25) is 0 Å². The van der Waals surface area contributed by atoms with Gasteiger partial charge in [0.05, 0.1) is 19.3 Å². The molecular formula is C26H32N4O3.